The third-order valence-electron chi connectivity index (χ3n) is 5.75. The number of nitrogens with zero attached hydrogens (tertiary/aromatic N) is 12. The van der Waals surface area contributed by atoms with Crippen molar-refractivity contribution in [2.24, 2.45) is 0 Å². The standard InChI is InChI=1S/C17H21F3N8.C5H4N4/c1-11-9-12(2)28-15(21-11)22-13(24-28)5-6-14-23-16(26-7-3-4-8-26)25-27(14)10-17(18,19)20;1-2-6-5-7-4-8-9(5)3-1/h9H,3-8,10H2,1-2H3;1-4H. The number of rotatable bonds is 5. The second-order valence-corrected chi connectivity index (χ2v) is 8.70. The van der Waals surface area contributed by atoms with E-state index in [1.807, 2.05) is 30.9 Å². The first-order chi connectivity index (χ1) is 17.7. The molecule has 1 saturated heterocycles. The van der Waals surface area contributed by atoms with Gasteiger partial charge >= 0.3 is 6.18 Å². The zero-order valence-corrected chi connectivity index (χ0v) is 20.3. The fraction of sp³-hybridized carbons (Fsp3) is 0.455. The Morgan fingerprint density at radius 1 is 0.946 bits per heavy atom. The van der Waals surface area contributed by atoms with Crippen LogP contribution in [0.4, 0.5) is 19.1 Å². The van der Waals surface area contributed by atoms with E-state index in [2.05, 4.69) is 40.2 Å². The normalized spacial score (nSPS) is 13.9. The van der Waals surface area contributed by atoms with E-state index in [1.54, 1.807) is 21.4 Å². The van der Waals surface area contributed by atoms with E-state index in [0.717, 1.165) is 42.0 Å². The molecule has 0 spiro atoms. The highest BCUT2D eigenvalue weighted by Crippen LogP contribution is 2.22. The molecule has 0 N–H and O–H groups in total. The molecule has 0 aromatic carbocycles. The minimum atomic E-state index is -4.36. The maximum absolute atomic E-state index is 13.0. The molecule has 37 heavy (non-hydrogen) atoms. The first-order valence-corrected chi connectivity index (χ1v) is 11.8. The van der Waals surface area contributed by atoms with Gasteiger partial charge in [-0.25, -0.2) is 23.7 Å². The molecule has 15 heteroatoms. The fourth-order valence-electron chi connectivity index (χ4n) is 4.10. The largest absolute Gasteiger partial charge is 0.408 e. The second-order valence-electron chi connectivity index (χ2n) is 8.70. The summed E-state index contributed by atoms with van der Waals surface area (Å²) in [5.41, 5.74) is 1.74. The Morgan fingerprint density at radius 2 is 1.76 bits per heavy atom. The van der Waals surface area contributed by atoms with Crippen LogP contribution in [0, 0.1) is 13.8 Å². The van der Waals surface area contributed by atoms with Crippen LogP contribution >= 0.6 is 0 Å². The lowest BCUT2D eigenvalue weighted by molar-refractivity contribution is -0.143. The molecule has 1 fully saturated rings. The Bertz CT molecular complexity index is 1470. The van der Waals surface area contributed by atoms with Crippen LogP contribution in [0.2, 0.25) is 0 Å². The van der Waals surface area contributed by atoms with Crippen molar-refractivity contribution in [2.45, 2.75) is 52.3 Å². The topological polar surface area (TPSA) is 120 Å². The fourth-order valence-corrected chi connectivity index (χ4v) is 4.10. The molecule has 0 saturated carbocycles. The van der Waals surface area contributed by atoms with Crippen molar-refractivity contribution in [3.8, 4) is 0 Å². The Kier molecular flexibility index (Phi) is 6.67. The summed E-state index contributed by atoms with van der Waals surface area (Å²) in [6, 6.07) is 3.70. The molecule has 5 aromatic rings. The number of alkyl halides is 3. The van der Waals surface area contributed by atoms with E-state index < -0.39 is 12.7 Å². The average Bonchev–Trinajstić information content (AvgIpc) is 3.62. The minimum absolute atomic E-state index is 0.270. The van der Waals surface area contributed by atoms with Crippen molar-refractivity contribution in [3.63, 3.8) is 0 Å². The van der Waals surface area contributed by atoms with Gasteiger partial charge in [0.05, 0.1) is 0 Å². The number of halogens is 3. The lowest BCUT2D eigenvalue weighted by Gasteiger charge is -2.11. The summed E-state index contributed by atoms with van der Waals surface area (Å²) in [5.74, 6) is 2.30. The number of fused-ring (bicyclic) bond motifs is 2. The molecule has 1 aliphatic rings. The molecule has 0 aliphatic carbocycles. The second kappa shape index (κ2) is 10.1. The number of aromatic nitrogens is 11. The van der Waals surface area contributed by atoms with Crippen LogP contribution in [0.5, 0.6) is 0 Å². The van der Waals surface area contributed by atoms with Gasteiger partial charge in [-0.05, 0) is 38.8 Å². The number of anilines is 1. The van der Waals surface area contributed by atoms with Gasteiger partial charge in [-0.2, -0.15) is 33.2 Å². The van der Waals surface area contributed by atoms with Crippen LogP contribution in [0.3, 0.4) is 0 Å². The zero-order valence-electron chi connectivity index (χ0n) is 20.3. The van der Waals surface area contributed by atoms with Crippen molar-refractivity contribution < 1.29 is 13.2 Å². The van der Waals surface area contributed by atoms with Gasteiger partial charge < -0.3 is 4.90 Å². The lowest BCUT2D eigenvalue weighted by Crippen LogP contribution is -2.22. The molecule has 0 amide bonds. The molecule has 194 valence electrons. The maximum atomic E-state index is 13.0. The highest BCUT2D eigenvalue weighted by Gasteiger charge is 2.31. The summed E-state index contributed by atoms with van der Waals surface area (Å²) in [4.78, 5) is 22.8. The number of hydrogen-bond donors (Lipinski definition) is 0. The molecular weight excluding hydrogens is 489 g/mol. The van der Waals surface area contributed by atoms with E-state index in [-0.39, 0.29) is 6.42 Å². The van der Waals surface area contributed by atoms with Gasteiger partial charge in [0.15, 0.2) is 5.82 Å². The van der Waals surface area contributed by atoms with Gasteiger partial charge in [0, 0.05) is 49.7 Å². The van der Waals surface area contributed by atoms with E-state index >= 15 is 0 Å². The molecule has 6 rings (SSSR count). The predicted molar refractivity (Wildman–Crippen MR) is 126 cm³/mol. The van der Waals surface area contributed by atoms with E-state index in [0.29, 0.717) is 35.6 Å². The number of aryl methyl sites for hydroxylation is 4. The molecule has 0 bridgehead atoms. The smallest absolute Gasteiger partial charge is 0.340 e. The Balaban J connectivity index is 0.000000260. The van der Waals surface area contributed by atoms with Crippen LogP contribution in [0.25, 0.3) is 11.6 Å². The Morgan fingerprint density at radius 3 is 2.51 bits per heavy atom. The summed E-state index contributed by atoms with van der Waals surface area (Å²) in [7, 11) is 0. The van der Waals surface area contributed by atoms with Crippen molar-refractivity contribution in [3.05, 3.63) is 53.9 Å². The van der Waals surface area contributed by atoms with Crippen LogP contribution in [-0.2, 0) is 19.4 Å². The quantitative estimate of drug-likeness (QED) is 0.348. The van der Waals surface area contributed by atoms with E-state index in [4.69, 9.17) is 0 Å². The van der Waals surface area contributed by atoms with Crippen molar-refractivity contribution in [1.29, 1.82) is 0 Å². The minimum Gasteiger partial charge on any atom is -0.340 e. The first-order valence-electron chi connectivity index (χ1n) is 11.8. The van der Waals surface area contributed by atoms with Gasteiger partial charge in [0.25, 0.3) is 11.6 Å². The van der Waals surface area contributed by atoms with E-state index in [1.165, 1.54) is 6.33 Å². The van der Waals surface area contributed by atoms with Crippen molar-refractivity contribution in [1.82, 2.24) is 53.9 Å². The maximum Gasteiger partial charge on any atom is 0.408 e. The first kappa shape index (κ1) is 24.5. The monoisotopic (exact) mass is 514 g/mol. The number of hydrogen-bond acceptors (Lipinski definition) is 9. The molecule has 1 aliphatic heterocycles. The van der Waals surface area contributed by atoms with Crippen molar-refractivity contribution >= 4 is 17.5 Å². The third kappa shape index (κ3) is 5.81. The predicted octanol–water partition coefficient (Wildman–Crippen LogP) is 2.40. The molecule has 12 nitrogen and oxygen atoms in total. The summed E-state index contributed by atoms with van der Waals surface area (Å²) in [6.07, 6.45) is 3.23. The molecule has 0 unspecified atom stereocenters. The van der Waals surface area contributed by atoms with Gasteiger partial charge in [-0.3, -0.25) is 0 Å². The lowest BCUT2D eigenvalue weighted by atomic mass is 10.3. The van der Waals surface area contributed by atoms with Gasteiger partial charge in [-0.15, -0.1) is 10.2 Å². The highest BCUT2D eigenvalue weighted by molar-refractivity contribution is 5.32. The van der Waals surface area contributed by atoms with Crippen LogP contribution in [0.1, 0.15) is 35.9 Å². The summed E-state index contributed by atoms with van der Waals surface area (Å²) < 4.78 is 43.1. The highest BCUT2D eigenvalue weighted by atomic mass is 19.4. The molecule has 6 heterocycles. The van der Waals surface area contributed by atoms with Crippen LogP contribution in [0.15, 0.2) is 30.9 Å². The van der Waals surface area contributed by atoms with Gasteiger partial charge in [0.1, 0.15) is 18.7 Å². The SMILES string of the molecule is Cc1cc(C)n2nc(CCc3nc(N4CCCC4)nn3CC(F)(F)F)nc2n1.c1cnc2ncnn2c1. The average molecular weight is 515 g/mol. The van der Waals surface area contributed by atoms with Crippen LogP contribution in [-0.4, -0.2) is 73.2 Å². The van der Waals surface area contributed by atoms with Gasteiger partial charge in [-0.1, -0.05) is 0 Å². The van der Waals surface area contributed by atoms with Crippen LogP contribution < -0.4 is 4.90 Å². The molecule has 0 atom stereocenters. The summed E-state index contributed by atoms with van der Waals surface area (Å²) in [6.45, 7) is 4.17. The van der Waals surface area contributed by atoms with E-state index in [9.17, 15) is 13.2 Å². The molecule has 0 radical (unpaired) electrons. The zero-order chi connectivity index (χ0) is 26.0. The Hall–Kier alpha value is -4.17. The molecular formula is C22H25F3N12. The Labute approximate surface area is 209 Å². The molecule has 5 aromatic heterocycles. The summed E-state index contributed by atoms with van der Waals surface area (Å²) >= 11 is 0. The third-order valence-corrected chi connectivity index (χ3v) is 5.75. The van der Waals surface area contributed by atoms with Crippen molar-refractivity contribution in [2.75, 3.05) is 18.0 Å². The van der Waals surface area contributed by atoms with Gasteiger partial charge in [0.2, 0.25) is 5.95 Å². The summed E-state index contributed by atoms with van der Waals surface area (Å²) in [5, 5.41) is 12.4.